The molecule has 1 spiro atoms. The zero-order chi connectivity index (χ0) is 19.4. The highest BCUT2D eigenvalue weighted by molar-refractivity contribution is 6.62. The maximum absolute atomic E-state index is 13.2. The lowest BCUT2D eigenvalue weighted by atomic mass is 9.76. The molecule has 0 unspecified atom stereocenters. The van der Waals surface area contributed by atoms with E-state index in [2.05, 4.69) is 11.1 Å². The zero-order valence-corrected chi connectivity index (χ0v) is 16.7. The van der Waals surface area contributed by atoms with Crippen LogP contribution in [0.25, 0.3) is 0 Å². The molecule has 0 aromatic carbocycles. The first kappa shape index (κ1) is 17.6. The first-order chi connectivity index (χ1) is 12.5. The summed E-state index contributed by atoms with van der Waals surface area (Å²) in [6.07, 6.45) is 4.73. The number of aliphatic hydroxyl groups is 1. The van der Waals surface area contributed by atoms with E-state index < -0.39 is 29.3 Å². The lowest BCUT2D eigenvalue weighted by Crippen LogP contribution is -2.55. The predicted octanol–water partition coefficient (Wildman–Crippen LogP) is 1.67. The highest BCUT2D eigenvalue weighted by Gasteiger charge is 2.63. The smallest absolute Gasteiger partial charge is 0.399 e. The van der Waals surface area contributed by atoms with E-state index in [1.807, 2.05) is 39.5 Å². The number of fused-ring (bicyclic) bond motifs is 2. The molecule has 7 heteroatoms. The van der Waals surface area contributed by atoms with Crippen molar-refractivity contribution in [1.29, 1.82) is 0 Å². The third-order valence-electron chi connectivity index (χ3n) is 7.25. The summed E-state index contributed by atoms with van der Waals surface area (Å²) in [6, 6.07) is 2.10. The number of hydrogen-bond donors (Lipinski definition) is 1. The van der Waals surface area contributed by atoms with Crippen LogP contribution in [0, 0.1) is 0 Å². The number of anilines is 1. The highest BCUT2D eigenvalue weighted by Crippen LogP contribution is 2.58. The van der Waals surface area contributed by atoms with Crippen molar-refractivity contribution >= 4 is 24.3 Å². The summed E-state index contributed by atoms with van der Waals surface area (Å²) in [5.74, 6) is 0.912. The van der Waals surface area contributed by atoms with Gasteiger partial charge in [-0.2, -0.15) is 0 Å². The molecule has 3 fully saturated rings. The molecule has 0 radical (unpaired) electrons. The molecule has 1 aromatic rings. The molecule has 144 valence electrons. The van der Waals surface area contributed by atoms with Crippen LogP contribution in [-0.4, -0.2) is 46.0 Å². The van der Waals surface area contributed by atoms with Crippen molar-refractivity contribution in [2.45, 2.75) is 88.6 Å². The maximum Gasteiger partial charge on any atom is 0.496 e. The van der Waals surface area contributed by atoms with Gasteiger partial charge in [-0.15, -0.1) is 0 Å². The fraction of sp³-hybridized carbons (Fsp3) is 0.700. The number of carbonyl (C=O) groups is 1. The molecule has 6 nitrogen and oxygen atoms in total. The molecule has 2 aliphatic carbocycles. The van der Waals surface area contributed by atoms with Crippen LogP contribution >= 0.6 is 0 Å². The van der Waals surface area contributed by atoms with Gasteiger partial charge in [-0.1, -0.05) is 6.07 Å². The number of pyridine rings is 1. The van der Waals surface area contributed by atoms with Crippen molar-refractivity contribution in [1.82, 2.24) is 4.98 Å². The molecule has 0 atom stereocenters. The SMILES string of the molecule is CC1(C)OB(c2cnc3c(c2)C2(CC2)C(=O)N3[C@H]2C[C@@](C)(O)C2)OC1(C)C. The van der Waals surface area contributed by atoms with Gasteiger partial charge in [0, 0.05) is 23.3 Å². The van der Waals surface area contributed by atoms with E-state index in [1.165, 1.54) is 0 Å². The largest absolute Gasteiger partial charge is 0.496 e. The Kier molecular flexibility index (Phi) is 3.23. The predicted molar refractivity (Wildman–Crippen MR) is 102 cm³/mol. The Balaban J connectivity index is 1.49. The Hall–Kier alpha value is -1.44. The Morgan fingerprint density at radius 1 is 1.15 bits per heavy atom. The van der Waals surface area contributed by atoms with E-state index in [1.54, 1.807) is 6.20 Å². The molecule has 1 saturated heterocycles. The van der Waals surface area contributed by atoms with Gasteiger partial charge in [-0.3, -0.25) is 9.69 Å². The van der Waals surface area contributed by atoms with Crippen LogP contribution in [0.2, 0.25) is 0 Å². The molecule has 3 heterocycles. The first-order valence-electron chi connectivity index (χ1n) is 9.88. The fourth-order valence-electron chi connectivity index (χ4n) is 4.65. The van der Waals surface area contributed by atoms with E-state index in [4.69, 9.17) is 9.31 Å². The van der Waals surface area contributed by atoms with Gasteiger partial charge in [-0.05, 0) is 60.3 Å². The van der Waals surface area contributed by atoms with Crippen LogP contribution < -0.4 is 10.4 Å². The molecule has 2 saturated carbocycles. The van der Waals surface area contributed by atoms with Gasteiger partial charge in [-0.25, -0.2) is 4.98 Å². The molecule has 1 amide bonds. The average molecular weight is 370 g/mol. The van der Waals surface area contributed by atoms with E-state index in [9.17, 15) is 9.90 Å². The van der Waals surface area contributed by atoms with Crippen molar-refractivity contribution in [2.75, 3.05) is 4.90 Å². The summed E-state index contributed by atoms with van der Waals surface area (Å²) in [4.78, 5) is 19.7. The lowest BCUT2D eigenvalue weighted by Gasteiger charge is -2.45. The van der Waals surface area contributed by atoms with E-state index in [0.29, 0.717) is 12.8 Å². The van der Waals surface area contributed by atoms with Gasteiger partial charge in [0.05, 0.1) is 22.2 Å². The molecule has 2 aliphatic heterocycles. The monoisotopic (exact) mass is 370 g/mol. The number of carbonyl (C=O) groups excluding carboxylic acids is 1. The fourth-order valence-corrected chi connectivity index (χ4v) is 4.65. The second-order valence-corrected chi connectivity index (χ2v) is 10.0. The molecular formula is C20H27BN2O4. The van der Waals surface area contributed by atoms with Crippen LogP contribution in [0.3, 0.4) is 0 Å². The third kappa shape index (κ3) is 2.31. The summed E-state index contributed by atoms with van der Waals surface area (Å²) in [7, 11) is -0.475. The van der Waals surface area contributed by atoms with Gasteiger partial charge >= 0.3 is 7.12 Å². The Labute approximate surface area is 160 Å². The maximum atomic E-state index is 13.2. The van der Waals surface area contributed by atoms with Gasteiger partial charge in [0.2, 0.25) is 5.91 Å². The lowest BCUT2D eigenvalue weighted by molar-refractivity contribution is -0.122. The first-order valence-corrected chi connectivity index (χ1v) is 9.88. The molecule has 0 bridgehead atoms. The van der Waals surface area contributed by atoms with Crippen molar-refractivity contribution in [3.63, 3.8) is 0 Å². The minimum absolute atomic E-state index is 0.0430. The van der Waals surface area contributed by atoms with E-state index in [-0.39, 0.29) is 11.9 Å². The molecule has 1 N–H and O–H groups in total. The number of hydrogen-bond acceptors (Lipinski definition) is 5. The summed E-state index contributed by atoms with van der Waals surface area (Å²) < 4.78 is 12.3. The molecule has 5 rings (SSSR count). The quantitative estimate of drug-likeness (QED) is 0.802. The van der Waals surface area contributed by atoms with E-state index >= 15 is 0 Å². The Morgan fingerprint density at radius 3 is 2.26 bits per heavy atom. The van der Waals surface area contributed by atoms with Crippen LogP contribution in [0.5, 0.6) is 0 Å². The topological polar surface area (TPSA) is 71.9 Å². The van der Waals surface area contributed by atoms with Crippen molar-refractivity contribution in [2.24, 2.45) is 0 Å². The Morgan fingerprint density at radius 2 is 1.74 bits per heavy atom. The van der Waals surface area contributed by atoms with E-state index in [0.717, 1.165) is 29.7 Å². The third-order valence-corrected chi connectivity index (χ3v) is 7.25. The summed E-state index contributed by atoms with van der Waals surface area (Å²) in [6.45, 7) is 9.95. The molecule has 1 aromatic heterocycles. The van der Waals surface area contributed by atoms with Gasteiger partial charge in [0.1, 0.15) is 5.82 Å². The van der Waals surface area contributed by atoms with Crippen molar-refractivity contribution < 1.29 is 19.2 Å². The summed E-state index contributed by atoms with van der Waals surface area (Å²) in [5, 5.41) is 10.1. The van der Waals surface area contributed by atoms with Gasteiger partial charge < -0.3 is 14.4 Å². The average Bonchev–Trinajstić information content (AvgIpc) is 3.25. The van der Waals surface area contributed by atoms with Crippen LogP contribution in [0.1, 0.15) is 65.9 Å². The second-order valence-electron chi connectivity index (χ2n) is 10.0. The molecular weight excluding hydrogens is 343 g/mol. The van der Waals surface area contributed by atoms with Crippen LogP contribution in [0.4, 0.5) is 5.82 Å². The number of rotatable bonds is 2. The number of aromatic nitrogens is 1. The summed E-state index contributed by atoms with van der Waals surface area (Å²) >= 11 is 0. The van der Waals surface area contributed by atoms with Gasteiger partial charge in [0.15, 0.2) is 0 Å². The number of amides is 1. The van der Waals surface area contributed by atoms with Gasteiger partial charge in [0.25, 0.3) is 0 Å². The van der Waals surface area contributed by atoms with Crippen molar-refractivity contribution in [3.8, 4) is 0 Å². The minimum Gasteiger partial charge on any atom is -0.399 e. The Bertz CT molecular complexity index is 822. The normalized spacial score (nSPS) is 34.7. The second kappa shape index (κ2) is 4.94. The molecule has 27 heavy (non-hydrogen) atoms. The van der Waals surface area contributed by atoms with Crippen molar-refractivity contribution in [3.05, 3.63) is 17.8 Å². The van der Waals surface area contributed by atoms with Crippen LogP contribution in [0.15, 0.2) is 12.3 Å². The minimum atomic E-state index is -0.674. The van der Waals surface area contributed by atoms with Crippen LogP contribution in [-0.2, 0) is 19.5 Å². The highest BCUT2D eigenvalue weighted by atomic mass is 16.7. The zero-order valence-electron chi connectivity index (χ0n) is 16.7. The molecule has 4 aliphatic rings. The number of nitrogens with zero attached hydrogens (tertiary/aromatic N) is 2. The standard InChI is InChI=1S/C20H27BN2O4/c1-17(2)18(3,4)27-21(26-17)12-8-14-15(22-11-12)23(13-9-19(5,25)10-13)16(24)20(14)6-7-20/h8,11,13,25H,6-7,9-10H2,1-5H3/t13-,19+. The summed E-state index contributed by atoms with van der Waals surface area (Å²) in [5.41, 5.74) is -0.0305.